The van der Waals surface area contributed by atoms with E-state index in [0.29, 0.717) is 17.6 Å². The van der Waals surface area contributed by atoms with Gasteiger partial charge in [0.15, 0.2) is 0 Å². The summed E-state index contributed by atoms with van der Waals surface area (Å²) in [5.74, 6) is 0.728. The Morgan fingerprint density at radius 2 is 1.62 bits per heavy atom. The minimum Gasteiger partial charge on any atom is -0.497 e. The molecule has 0 spiro atoms. The molecule has 1 atom stereocenters. The highest BCUT2D eigenvalue weighted by atomic mass is 32.2. The summed E-state index contributed by atoms with van der Waals surface area (Å²) in [6.07, 6.45) is 3.69. The second-order valence-corrected chi connectivity index (χ2v) is 9.19. The Labute approximate surface area is 186 Å². The second-order valence-electron chi connectivity index (χ2n) is 7.39. The van der Waals surface area contributed by atoms with Gasteiger partial charge in [0, 0.05) is 18.8 Å². The van der Waals surface area contributed by atoms with E-state index in [1.165, 1.54) is 4.41 Å². The van der Waals surface area contributed by atoms with E-state index in [4.69, 9.17) is 4.74 Å². The predicted molar refractivity (Wildman–Crippen MR) is 122 cm³/mol. The lowest BCUT2D eigenvalue weighted by Crippen LogP contribution is -2.27. The minimum atomic E-state index is -3.86. The largest absolute Gasteiger partial charge is 0.497 e. The summed E-state index contributed by atoms with van der Waals surface area (Å²) < 4.78 is 33.5. The summed E-state index contributed by atoms with van der Waals surface area (Å²) in [5.41, 5.74) is 3.81. The third-order valence-corrected chi connectivity index (χ3v) is 7.16. The van der Waals surface area contributed by atoms with Gasteiger partial charge in [-0.15, -0.1) is 0 Å². The summed E-state index contributed by atoms with van der Waals surface area (Å²) in [4.78, 5) is 8.88. The molecular weight excluding hydrogens is 424 g/mol. The number of fused-ring (bicyclic) bond motifs is 1. The van der Waals surface area contributed by atoms with Crippen LogP contribution in [0.15, 0.2) is 95.2 Å². The van der Waals surface area contributed by atoms with E-state index < -0.39 is 16.1 Å². The number of methoxy groups -OCH3 is 1. The van der Waals surface area contributed by atoms with Crippen LogP contribution in [0.3, 0.4) is 0 Å². The van der Waals surface area contributed by atoms with Crippen LogP contribution in [0.4, 0.5) is 0 Å². The molecule has 0 saturated carbocycles. The molecule has 1 aliphatic heterocycles. The summed E-state index contributed by atoms with van der Waals surface area (Å²) >= 11 is 0. The zero-order valence-electron chi connectivity index (χ0n) is 17.3. The number of sulfonamides is 1. The van der Waals surface area contributed by atoms with Gasteiger partial charge in [-0.05, 0) is 59.7 Å². The van der Waals surface area contributed by atoms with E-state index in [2.05, 4.69) is 15.1 Å². The molecule has 4 aromatic rings. The quantitative estimate of drug-likeness (QED) is 0.461. The Balaban J connectivity index is 1.60. The van der Waals surface area contributed by atoms with Crippen molar-refractivity contribution in [1.82, 2.24) is 14.4 Å². The predicted octanol–water partition coefficient (Wildman–Crippen LogP) is 4.18. The van der Waals surface area contributed by atoms with Crippen molar-refractivity contribution in [3.8, 4) is 5.75 Å². The highest BCUT2D eigenvalue weighted by Gasteiger charge is 2.37. The molecular formula is C24H20N4O3S. The van der Waals surface area contributed by atoms with Crippen LogP contribution in [0.2, 0.25) is 0 Å². The van der Waals surface area contributed by atoms with Crippen molar-refractivity contribution in [1.29, 1.82) is 0 Å². The first kappa shape index (κ1) is 20.1. The van der Waals surface area contributed by atoms with Crippen LogP contribution in [0, 0.1) is 0 Å². The van der Waals surface area contributed by atoms with Gasteiger partial charge in [-0.1, -0.05) is 24.3 Å². The molecule has 0 saturated heterocycles. The number of hydrazone groups is 1. The first-order valence-electron chi connectivity index (χ1n) is 10.1. The van der Waals surface area contributed by atoms with Crippen molar-refractivity contribution in [3.05, 3.63) is 96.3 Å². The van der Waals surface area contributed by atoms with Crippen LogP contribution in [0.5, 0.6) is 5.75 Å². The molecule has 32 heavy (non-hydrogen) atoms. The number of nitrogens with zero attached hydrogens (tertiary/aromatic N) is 4. The lowest BCUT2D eigenvalue weighted by molar-refractivity contribution is 0.371. The van der Waals surface area contributed by atoms with Crippen molar-refractivity contribution in [2.75, 3.05) is 7.11 Å². The Morgan fingerprint density at radius 3 is 2.34 bits per heavy atom. The molecule has 0 aliphatic carbocycles. The number of hydrogen-bond donors (Lipinski definition) is 0. The lowest BCUT2D eigenvalue weighted by atomic mass is 9.98. The molecule has 7 nitrogen and oxygen atoms in total. The smallest absolute Gasteiger partial charge is 0.279 e. The fraction of sp³-hybridized carbons (Fsp3) is 0.125. The third-order valence-electron chi connectivity index (χ3n) is 5.46. The van der Waals surface area contributed by atoms with E-state index in [-0.39, 0.29) is 4.90 Å². The first-order valence-corrected chi connectivity index (χ1v) is 11.5. The zero-order chi connectivity index (χ0) is 22.1. The van der Waals surface area contributed by atoms with Crippen molar-refractivity contribution >= 4 is 26.8 Å². The normalized spacial score (nSPS) is 16.2. The summed E-state index contributed by atoms with van der Waals surface area (Å²) in [5, 5.41) is 4.58. The molecule has 8 heteroatoms. The van der Waals surface area contributed by atoms with Gasteiger partial charge in [-0.3, -0.25) is 9.97 Å². The van der Waals surface area contributed by atoms with Crippen LogP contribution < -0.4 is 4.74 Å². The van der Waals surface area contributed by atoms with Crippen LogP contribution in [0.25, 0.3) is 11.0 Å². The van der Waals surface area contributed by atoms with Crippen molar-refractivity contribution < 1.29 is 13.2 Å². The molecule has 0 N–H and O–H groups in total. The SMILES string of the molecule is COc1ccc(C2=NN(S(=O)(=O)c3ccccc3)[C@H](c3ccc4nccnc4c3)C2)cc1. The molecule has 1 aliphatic rings. The van der Waals surface area contributed by atoms with Gasteiger partial charge in [0.05, 0.1) is 34.8 Å². The van der Waals surface area contributed by atoms with E-state index in [0.717, 1.165) is 22.4 Å². The van der Waals surface area contributed by atoms with Gasteiger partial charge in [0.25, 0.3) is 10.0 Å². The number of hydrogen-bond acceptors (Lipinski definition) is 6. The number of rotatable bonds is 5. The molecule has 0 unspecified atom stereocenters. The maximum atomic E-state index is 13.5. The standard InChI is InChI=1S/C24H20N4O3S/c1-31-19-10-7-17(8-11-19)22-16-24(18-9-12-21-23(15-18)26-14-13-25-21)28(27-22)32(29,30)20-5-3-2-4-6-20/h2-15,24H,16H2,1H3/t24-/m0/s1. The van der Waals surface area contributed by atoms with Gasteiger partial charge in [0.2, 0.25) is 0 Å². The maximum absolute atomic E-state index is 13.5. The highest BCUT2D eigenvalue weighted by molar-refractivity contribution is 7.89. The fourth-order valence-corrected chi connectivity index (χ4v) is 5.26. The van der Waals surface area contributed by atoms with E-state index >= 15 is 0 Å². The van der Waals surface area contributed by atoms with Crippen LogP contribution in [0.1, 0.15) is 23.6 Å². The third kappa shape index (κ3) is 3.58. The van der Waals surface area contributed by atoms with Gasteiger partial charge in [-0.2, -0.15) is 17.9 Å². The van der Waals surface area contributed by atoms with Crippen molar-refractivity contribution in [3.63, 3.8) is 0 Å². The number of benzene rings is 3. The van der Waals surface area contributed by atoms with Gasteiger partial charge in [-0.25, -0.2) is 0 Å². The molecule has 160 valence electrons. The zero-order valence-corrected chi connectivity index (χ0v) is 18.1. The van der Waals surface area contributed by atoms with Crippen molar-refractivity contribution in [2.45, 2.75) is 17.4 Å². The minimum absolute atomic E-state index is 0.199. The van der Waals surface area contributed by atoms with E-state index in [9.17, 15) is 8.42 Å². The topological polar surface area (TPSA) is 84.8 Å². The highest BCUT2D eigenvalue weighted by Crippen LogP contribution is 2.38. The van der Waals surface area contributed by atoms with Gasteiger partial charge in [0.1, 0.15) is 5.75 Å². The Kier molecular flexibility index (Phi) is 5.07. The van der Waals surface area contributed by atoms with Gasteiger partial charge >= 0.3 is 0 Å². The number of ether oxygens (including phenoxy) is 1. The van der Waals surface area contributed by atoms with Crippen molar-refractivity contribution in [2.24, 2.45) is 5.10 Å². The summed E-state index contributed by atoms with van der Waals surface area (Å²) in [6, 6.07) is 21.0. The second kappa shape index (κ2) is 8.05. The monoisotopic (exact) mass is 444 g/mol. The molecule has 1 aromatic heterocycles. The molecule has 0 bridgehead atoms. The molecule has 2 heterocycles. The molecule has 3 aromatic carbocycles. The van der Waals surface area contributed by atoms with E-state index in [1.807, 2.05) is 42.5 Å². The van der Waals surface area contributed by atoms with Crippen LogP contribution in [-0.2, 0) is 10.0 Å². The average Bonchev–Trinajstić information content (AvgIpc) is 3.31. The van der Waals surface area contributed by atoms with Gasteiger partial charge < -0.3 is 4.74 Å². The fourth-order valence-electron chi connectivity index (χ4n) is 3.80. The Morgan fingerprint density at radius 1 is 0.906 bits per heavy atom. The average molecular weight is 445 g/mol. The van der Waals surface area contributed by atoms with Crippen LogP contribution >= 0.6 is 0 Å². The summed E-state index contributed by atoms with van der Waals surface area (Å²) in [7, 11) is -2.25. The number of aromatic nitrogens is 2. The van der Waals surface area contributed by atoms with E-state index in [1.54, 1.807) is 49.8 Å². The first-order chi connectivity index (χ1) is 15.6. The lowest BCUT2D eigenvalue weighted by Gasteiger charge is -2.23. The molecule has 0 fully saturated rings. The Bertz CT molecular complexity index is 1400. The Hall–Kier alpha value is -3.78. The molecule has 5 rings (SSSR count). The van der Waals surface area contributed by atoms with Crippen LogP contribution in [-0.4, -0.2) is 35.6 Å². The molecule has 0 amide bonds. The summed E-state index contributed by atoms with van der Waals surface area (Å²) in [6.45, 7) is 0. The maximum Gasteiger partial charge on any atom is 0.279 e. The molecule has 0 radical (unpaired) electrons.